The third-order valence-electron chi connectivity index (χ3n) is 8.44. The van der Waals surface area contributed by atoms with Crippen molar-refractivity contribution >= 4 is 20.3 Å². The van der Waals surface area contributed by atoms with Gasteiger partial charge < -0.3 is 29.1 Å². The summed E-state index contributed by atoms with van der Waals surface area (Å²) >= 11 is 0. The van der Waals surface area contributed by atoms with Gasteiger partial charge in [0.15, 0.2) is 0 Å². The molecule has 1 aromatic carbocycles. The molecule has 52 heavy (non-hydrogen) atoms. The average Bonchev–Trinajstić information content (AvgIpc) is 3.81. The fraction of sp³-hybridized carbons (Fsp3) is 0.526. The Bertz CT molecular complexity index is 1820. The number of aromatic amines is 1. The summed E-state index contributed by atoms with van der Waals surface area (Å²) in [7, 11) is -1.29. The zero-order valence-corrected chi connectivity index (χ0v) is 33.2. The zero-order chi connectivity index (χ0) is 37.8. The predicted molar refractivity (Wildman–Crippen MR) is 203 cm³/mol. The zero-order valence-electron chi connectivity index (χ0n) is 32.2. The lowest BCUT2D eigenvalue weighted by Crippen LogP contribution is -2.37. The molecule has 3 aromatic heterocycles. The number of ether oxygens (including phenoxy) is 3. The van der Waals surface area contributed by atoms with Crippen LogP contribution in [0.4, 0.5) is 9.59 Å². The predicted octanol–water partition coefficient (Wildman–Crippen LogP) is 8.37. The Morgan fingerprint density at radius 1 is 0.923 bits per heavy atom. The van der Waals surface area contributed by atoms with E-state index in [1.807, 2.05) is 89.4 Å². The van der Waals surface area contributed by atoms with Crippen molar-refractivity contribution in [2.75, 3.05) is 13.2 Å². The van der Waals surface area contributed by atoms with Crippen LogP contribution in [0.3, 0.4) is 0 Å². The summed E-state index contributed by atoms with van der Waals surface area (Å²) in [6.45, 7) is 21.5. The molecule has 2 atom stereocenters. The van der Waals surface area contributed by atoms with Gasteiger partial charge in [-0.3, -0.25) is 4.90 Å². The van der Waals surface area contributed by atoms with E-state index >= 15 is 0 Å². The van der Waals surface area contributed by atoms with Gasteiger partial charge in [0.05, 0.1) is 41.6 Å². The van der Waals surface area contributed by atoms with Crippen LogP contribution in [0.2, 0.25) is 25.7 Å². The van der Waals surface area contributed by atoms with Gasteiger partial charge in [-0.05, 0) is 85.0 Å². The molecule has 1 aliphatic heterocycles. The smallest absolute Gasteiger partial charge is 0.410 e. The lowest BCUT2D eigenvalue weighted by molar-refractivity contribution is 0.0204. The molecule has 0 spiro atoms. The first-order valence-electron chi connectivity index (χ1n) is 18.0. The molecule has 4 heterocycles. The molecule has 2 N–H and O–H groups in total. The highest BCUT2D eigenvalue weighted by atomic mass is 28.3. The van der Waals surface area contributed by atoms with E-state index in [2.05, 4.69) is 45.1 Å². The first kappa shape index (κ1) is 38.7. The van der Waals surface area contributed by atoms with E-state index in [-0.39, 0.29) is 18.2 Å². The Morgan fingerprint density at radius 2 is 1.58 bits per heavy atom. The molecular formula is C38H54N8O5Si. The molecule has 4 aromatic rings. The van der Waals surface area contributed by atoms with Gasteiger partial charge in [0.1, 0.15) is 35.3 Å². The van der Waals surface area contributed by atoms with Crippen LogP contribution in [0.25, 0.3) is 33.9 Å². The number of carbonyl (C=O) groups is 2. The Balaban J connectivity index is 1.32. The van der Waals surface area contributed by atoms with Crippen molar-refractivity contribution in [3.8, 4) is 33.9 Å². The SMILES string of the molecule is C[C@H](NC(=O)OC(C)(C)C)c1ncc(-c2ccc(-c3ccc(-c4cnc([C@H]5CCCN5C(=O)OC(C)(C)C)n4COCC[Si](C)(C)C)nn3)cc2)[nH]1. The van der Waals surface area contributed by atoms with E-state index in [4.69, 9.17) is 19.2 Å². The van der Waals surface area contributed by atoms with Gasteiger partial charge in [0.2, 0.25) is 0 Å². The Morgan fingerprint density at radius 3 is 2.21 bits per heavy atom. The molecule has 1 saturated heterocycles. The van der Waals surface area contributed by atoms with Gasteiger partial charge in [0, 0.05) is 26.8 Å². The van der Waals surface area contributed by atoms with E-state index in [1.165, 1.54) is 0 Å². The van der Waals surface area contributed by atoms with E-state index in [0.717, 1.165) is 52.9 Å². The second-order valence-corrected chi connectivity index (χ2v) is 22.2. The van der Waals surface area contributed by atoms with Crippen molar-refractivity contribution in [1.29, 1.82) is 0 Å². The number of likely N-dealkylation sites (tertiary alicyclic amines) is 1. The number of imidazole rings is 2. The largest absolute Gasteiger partial charge is 0.444 e. The maximum Gasteiger partial charge on any atom is 0.410 e. The minimum absolute atomic E-state index is 0.231. The van der Waals surface area contributed by atoms with Crippen LogP contribution >= 0.6 is 0 Å². The molecule has 0 bridgehead atoms. The van der Waals surface area contributed by atoms with E-state index < -0.39 is 25.4 Å². The molecule has 0 radical (unpaired) electrons. The topological polar surface area (TPSA) is 149 Å². The van der Waals surface area contributed by atoms with Gasteiger partial charge >= 0.3 is 12.2 Å². The molecule has 1 fully saturated rings. The van der Waals surface area contributed by atoms with Crippen LogP contribution in [-0.2, 0) is 20.9 Å². The lowest BCUT2D eigenvalue weighted by Gasteiger charge is -2.29. The first-order chi connectivity index (χ1) is 24.4. The number of benzene rings is 1. The van der Waals surface area contributed by atoms with Crippen molar-refractivity contribution < 1.29 is 23.8 Å². The fourth-order valence-corrected chi connectivity index (χ4v) is 6.56. The maximum absolute atomic E-state index is 13.2. The summed E-state index contributed by atoms with van der Waals surface area (Å²) in [6, 6.07) is 12.3. The summed E-state index contributed by atoms with van der Waals surface area (Å²) < 4.78 is 19.4. The Hall–Kier alpha value is -4.56. The van der Waals surface area contributed by atoms with Crippen LogP contribution < -0.4 is 5.32 Å². The van der Waals surface area contributed by atoms with Crippen molar-refractivity contribution in [1.82, 2.24) is 39.9 Å². The number of hydrogen-bond acceptors (Lipinski definition) is 9. The Kier molecular flexibility index (Phi) is 11.6. The number of carbonyl (C=O) groups excluding carboxylic acids is 2. The van der Waals surface area contributed by atoms with E-state index in [1.54, 1.807) is 17.3 Å². The van der Waals surface area contributed by atoms with Gasteiger partial charge in [-0.1, -0.05) is 43.9 Å². The second kappa shape index (κ2) is 15.6. The van der Waals surface area contributed by atoms with E-state index in [0.29, 0.717) is 31.4 Å². The van der Waals surface area contributed by atoms with Crippen LogP contribution in [0, 0.1) is 0 Å². The van der Waals surface area contributed by atoms with Crippen molar-refractivity contribution in [2.24, 2.45) is 0 Å². The lowest BCUT2D eigenvalue weighted by atomic mass is 10.1. The first-order valence-corrected chi connectivity index (χ1v) is 21.7. The van der Waals surface area contributed by atoms with Crippen LogP contribution in [0.1, 0.15) is 85.0 Å². The standard InChI is InChI=1S/C38H54N8O5Si/c1-25(41-35(47)50-37(2,3)4)33-39-22-30(42-33)27-15-13-26(14-16-27)28-17-18-29(44-43-28)32-23-40-34(46(32)24-49-20-21-52(8,9)10)31-12-11-19-45(31)36(48)51-38(5,6)7/h13-18,22-23,25,31H,11-12,19-21,24H2,1-10H3,(H,39,42)(H,41,47)/t25-,31+/m0/s1. The average molecular weight is 731 g/mol. The molecule has 0 unspecified atom stereocenters. The van der Waals surface area contributed by atoms with Gasteiger partial charge in [-0.15, -0.1) is 10.2 Å². The monoisotopic (exact) mass is 730 g/mol. The highest BCUT2D eigenvalue weighted by Crippen LogP contribution is 2.35. The van der Waals surface area contributed by atoms with Crippen molar-refractivity contribution in [3.63, 3.8) is 0 Å². The minimum Gasteiger partial charge on any atom is -0.444 e. The fourth-order valence-electron chi connectivity index (χ4n) is 5.80. The van der Waals surface area contributed by atoms with Gasteiger partial charge in [-0.25, -0.2) is 19.6 Å². The third-order valence-corrected chi connectivity index (χ3v) is 10.1. The number of amides is 2. The quantitative estimate of drug-likeness (QED) is 0.115. The van der Waals surface area contributed by atoms with Gasteiger partial charge in [0.25, 0.3) is 0 Å². The molecule has 14 heteroatoms. The minimum atomic E-state index is -1.29. The number of aromatic nitrogens is 6. The van der Waals surface area contributed by atoms with Crippen LogP contribution in [0.5, 0.6) is 0 Å². The summed E-state index contributed by atoms with van der Waals surface area (Å²) in [4.78, 5) is 39.8. The summed E-state index contributed by atoms with van der Waals surface area (Å²) in [6.07, 6.45) is 4.36. The number of hydrogen-bond donors (Lipinski definition) is 2. The molecular weight excluding hydrogens is 677 g/mol. The molecule has 280 valence electrons. The second-order valence-electron chi connectivity index (χ2n) is 16.5. The summed E-state index contributed by atoms with van der Waals surface area (Å²) in [5, 5.41) is 12.0. The van der Waals surface area contributed by atoms with Crippen molar-refractivity contribution in [2.45, 2.75) is 117 Å². The number of alkyl carbamates (subject to hydrolysis) is 1. The van der Waals surface area contributed by atoms with E-state index in [9.17, 15) is 9.59 Å². The number of nitrogens with zero attached hydrogens (tertiary/aromatic N) is 6. The number of nitrogens with one attached hydrogen (secondary N) is 2. The molecule has 2 amide bonds. The molecule has 13 nitrogen and oxygen atoms in total. The summed E-state index contributed by atoms with van der Waals surface area (Å²) in [5.74, 6) is 1.38. The summed E-state index contributed by atoms with van der Waals surface area (Å²) in [5.41, 5.74) is 3.66. The van der Waals surface area contributed by atoms with Crippen LogP contribution in [-0.4, -0.2) is 79.2 Å². The normalized spacial score (nSPS) is 15.8. The molecule has 0 aliphatic carbocycles. The molecule has 0 saturated carbocycles. The molecule has 1 aliphatic rings. The number of rotatable bonds is 11. The number of H-pyrrole nitrogens is 1. The third kappa shape index (κ3) is 10.3. The van der Waals surface area contributed by atoms with Crippen LogP contribution in [0.15, 0.2) is 48.8 Å². The molecule has 5 rings (SSSR count). The van der Waals surface area contributed by atoms with Gasteiger partial charge in [-0.2, -0.15) is 0 Å². The van der Waals surface area contributed by atoms with Crippen molar-refractivity contribution in [3.05, 3.63) is 60.4 Å². The highest BCUT2D eigenvalue weighted by molar-refractivity contribution is 6.76. The Labute approximate surface area is 307 Å². The maximum atomic E-state index is 13.2. The highest BCUT2D eigenvalue weighted by Gasteiger charge is 2.36.